The van der Waals surface area contributed by atoms with Gasteiger partial charge >= 0.3 is 0 Å². The zero-order chi connectivity index (χ0) is 14.4. The van der Waals surface area contributed by atoms with E-state index in [1.807, 2.05) is 0 Å². The monoisotopic (exact) mass is 331 g/mol. The van der Waals surface area contributed by atoms with Crippen molar-refractivity contribution in [2.45, 2.75) is 45.2 Å². The van der Waals surface area contributed by atoms with E-state index in [2.05, 4.69) is 19.2 Å². The fourth-order valence-corrected chi connectivity index (χ4v) is 3.25. The second kappa shape index (κ2) is 5.42. The molecule has 2 nitrogen and oxygen atoms in total. The maximum Gasteiger partial charge on any atom is 0.154 e. The Morgan fingerprint density at radius 3 is 2.55 bits per heavy atom. The van der Waals surface area contributed by atoms with Crippen LogP contribution in [0.4, 0.5) is 0 Å². The average Bonchev–Trinajstić information content (AvgIpc) is 3.12. The lowest BCUT2D eigenvalue weighted by Gasteiger charge is -2.08. The Morgan fingerprint density at radius 1 is 1.25 bits per heavy atom. The summed E-state index contributed by atoms with van der Waals surface area (Å²) in [5.41, 5.74) is 1.74. The molecule has 0 saturated heterocycles. The number of rotatable bonds is 4. The van der Waals surface area contributed by atoms with Gasteiger partial charge in [-0.1, -0.05) is 48.7 Å². The smallest absolute Gasteiger partial charge is 0.154 e. The van der Waals surface area contributed by atoms with Gasteiger partial charge in [-0.25, -0.2) is 0 Å². The van der Waals surface area contributed by atoms with E-state index in [0.717, 1.165) is 16.7 Å². The number of halogens is 3. The third kappa shape index (κ3) is 2.55. The van der Waals surface area contributed by atoms with Gasteiger partial charge in [-0.2, -0.15) is 0 Å². The molecule has 1 aromatic heterocycles. The summed E-state index contributed by atoms with van der Waals surface area (Å²) in [5.74, 6) is 1.20. The van der Waals surface area contributed by atoms with Gasteiger partial charge in [0, 0.05) is 17.0 Å². The predicted molar refractivity (Wildman–Crippen MR) is 85.2 cm³/mol. The predicted octanol–water partition coefficient (Wildman–Crippen LogP) is 5.77. The summed E-state index contributed by atoms with van der Waals surface area (Å²) in [7, 11) is 0. The largest absolute Gasteiger partial charge is 0.458 e. The third-order valence-corrected chi connectivity index (χ3v) is 4.70. The topological polar surface area (TPSA) is 25.2 Å². The molecule has 1 N–H and O–H groups in total. The lowest BCUT2D eigenvalue weighted by molar-refractivity contribution is 0.503. The summed E-state index contributed by atoms with van der Waals surface area (Å²) < 4.78 is 5.97. The van der Waals surface area contributed by atoms with Crippen LogP contribution in [0.2, 0.25) is 15.1 Å². The van der Waals surface area contributed by atoms with Gasteiger partial charge in [0.15, 0.2) is 5.58 Å². The Morgan fingerprint density at radius 2 is 1.95 bits per heavy atom. The SMILES string of the molecule is CC(C)c1c(CNC2CC2)oc2c(Cl)cc(Cl)c(Cl)c12. The van der Waals surface area contributed by atoms with Crippen LogP contribution in [0.25, 0.3) is 11.0 Å². The van der Waals surface area contributed by atoms with E-state index in [1.54, 1.807) is 6.07 Å². The number of benzene rings is 1. The molecule has 1 aliphatic rings. The zero-order valence-electron chi connectivity index (χ0n) is 11.4. The summed E-state index contributed by atoms with van der Waals surface area (Å²) in [6, 6.07) is 2.26. The van der Waals surface area contributed by atoms with Crippen LogP contribution in [0.5, 0.6) is 0 Å². The molecule has 0 atom stereocenters. The van der Waals surface area contributed by atoms with E-state index in [9.17, 15) is 0 Å². The number of hydrogen-bond donors (Lipinski definition) is 1. The zero-order valence-corrected chi connectivity index (χ0v) is 13.7. The molecule has 1 saturated carbocycles. The van der Waals surface area contributed by atoms with Crippen molar-refractivity contribution in [2.75, 3.05) is 0 Å². The normalized spacial score (nSPS) is 15.5. The second-order valence-electron chi connectivity index (χ2n) is 5.61. The van der Waals surface area contributed by atoms with Crippen LogP contribution in [-0.4, -0.2) is 6.04 Å². The minimum Gasteiger partial charge on any atom is -0.458 e. The van der Waals surface area contributed by atoms with E-state index in [-0.39, 0.29) is 0 Å². The highest BCUT2D eigenvalue weighted by Crippen LogP contribution is 2.43. The van der Waals surface area contributed by atoms with Crippen molar-refractivity contribution in [3.8, 4) is 0 Å². The van der Waals surface area contributed by atoms with E-state index >= 15 is 0 Å². The Balaban J connectivity index is 2.16. The molecule has 1 fully saturated rings. The first-order chi connectivity index (χ1) is 9.49. The molecule has 2 aromatic rings. The van der Waals surface area contributed by atoms with Gasteiger partial charge in [-0.3, -0.25) is 0 Å². The van der Waals surface area contributed by atoms with Crippen LogP contribution in [0.1, 0.15) is 43.9 Å². The summed E-state index contributed by atoms with van der Waals surface area (Å²) in [4.78, 5) is 0. The van der Waals surface area contributed by atoms with Gasteiger partial charge in [0.05, 0.1) is 21.6 Å². The van der Waals surface area contributed by atoms with Crippen LogP contribution in [-0.2, 0) is 6.54 Å². The molecule has 3 rings (SSSR count). The molecular formula is C15H16Cl3NO. The van der Waals surface area contributed by atoms with Gasteiger partial charge in [-0.15, -0.1) is 0 Å². The Bertz CT molecular complexity index is 659. The van der Waals surface area contributed by atoms with Crippen LogP contribution in [0, 0.1) is 0 Å². The molecule has 108 valence electrons. The van der Waals surface area contributed by atoms with Crippen molar-refractivity contribution in [2.24, 2.45) is 0 Å². The fourth-order valence-electron chi connectivity index (χ4n) is 2.50. The minimum atomic E-state index is 0.291. The van der Waals surface area contributed by atoms with E-state index < -0.39 is 0 Å². The standard InChI is InChI=1S/C15H16Cl3NO/c1-7(2)12-11(6-19-8-3-4-8)20-15-10(17)5-9(16)14(18)13(12)15/h5,7-8,19H,3-4,6H2,1-2H3. The maximum absolute atomic E-state index is 6.36. The Hall–Kier alpha value is -0.410. The highest BCUT2D eigenvalue weighted by atomic mass is 35.5. The van der Waals surface area contributed by atoms with Gasteiger partial charge in [0.2, 0.25) is 0 Å². The molecule has 0 spiro atoms. The maximum atomic E-state index is 6.36. The van der Waals surface area contributed by atoms with Gasteiger partial charge in [0.25, 0.3) is 0 Å². The number of nitrogens with one attached hydrogen (secondary N) is 1. The van der Waals surface area contributed by atoms with E-state index in [0.29, 0.717) is 39.2 Å². The molecule has 0 aliphatic heterocycles. The third-order valence-electron chi connectivity index (χ3n) is 3.63. The van der Waals surface area contributed by atoms with Crippen LogP contribution in [0.3, 0.4) is 0 Å². The lowest BCUT2D eigenvalue weighted by atomic mass is 9.99. The molecule has 0 bridgehead atoms. The van der Waals surface area contributed by atoms with Crippen molar-refractivity contribution in [1.82, 2.24) is 5.32 Å². The summed E-state index contributed by atoms with van der Waals surface area (Å²) in [6.07, 6.45) is 2.48. The first kappa shape index (κ1) is 14.5. The molecule has 0 radical (unpaired) electrons. The summed E-state index contributed by atoms with van der Waals surface area (Å²) in [6.45, 7) is 4.95. The van der Waals surface area contributed by atoms with Gasteiger partial charge in [0.1, 0.15) is 5.76 Å². The van der Waals surface area contributed by atoms with Gasteiger partial charge in [-0.05, 0) is 24.8 Å². The highest BCUT2D eigenvalue weighted by Gasteiger charge is 2.25. The van der Waals surface area contributed by atoms with E-state index in [4.69, 9.17) is 39.2 Å². The Kier molecular flexibility index (Phi) is 3.93. The first-order valence-electron chi connectivity index (χ1n) is 6.81. The fraction of sp³-hybridized carbons (Fsp3) is 0.467. The number of furan rings is 1. The van der Waals surface area contributed by atoms with Crippen molar-refractivity contribution in [1.29, 1.82) is 0 Å². The van der Waals surface area contributed by atoms with Crippen molar-refractivity contribution >= 4 is 45.8 Å². The minimum absolute atomic E-state index is 0.291. The van der Waals surface area contributed by atoms with Crippen LogP contribution in [0.15, 0.2) is 10.5 Å². The molecular weight excluding hydrogens is 317 g/mol. The number of hydrogen-bond acceptors (Lipinski definition) is 2. The molecule has 0 amide bonds. The number of fused-ring (bicyclic) bond motifs is 1. The van der Waals surface area contributed by atoms with Crippen LogP contribution < -0.4 is 5.32 Å². The van der Waals surface area contributed by atoms with Crippen molar-refractivity contribution in [3.05, 3.63) is 32.5 Å². The van der Waals surface area contributed by atoms with Crippen molar-refractivity contribution in [3.63, 3.8) is 0 Å². The molecule has 5 heteroatoms. The highest BCUT2D eigenvalue weighted by molar-refractivity contribution is 6.47. The lowest BCUT2D eigenvalue weighted by Crippen LogP contribution is -2.15. The molecule has 20 heavy (non-hydrogen) atoms. The second-order valence-corrected chi connectivity index (χ2v) is 6.80. The molecule has 0 unspecified atom stereocenters. The molecule has 1 aliphatic carbocycles. The molecule has 1 heterocycles. The van der Waals surface area contributed by atoms with Crippen molar-refractivity contribution < 1.29 is 4.42 Å². The first-order valence-corrected chi connectivity index (χ1v) is 7.94. The summed E-state index contributed by atoms with van der Waals surface area (Å²) in [5, 5.41) is 5.82. The average molecular weight is 333 g/mol. The Labute approximate surface area is 133 Å². The van der Waals surface area contributed by atoms with Crippen LogP contribution >= 0.6 is 34.8 Å². The molecule has 1 aromatic carbocycles. The van der Waals surface area contributed by atoms with Gasteiger partial charge < -0.3 is 9.73 Å². The van der Waals surface area contributed by atoms with E-state index in [1.165, 1.54) is 12.8 Å². The summed E-state index contributed by atoms with van der Waals surface area (Å²) >= 11 is 18.7. The quantitative estimate of drug-likeness (QED) is 0.719.